The summed E-state index contributed by atoms with van der Waals surface area (Å²) in [5.74, 6) is -0.424. The van der Waals surface area contributed by atoms with Crippen molar-refractivity contribution in [1.29, 1.82) is 0 Å². The maximum atomic E-state index is 12.4. The minimum absolute atomic E-state index is 0.0261. The van der Waals surface area contributed by atoms with E-state index in [0.717, 1.165) is 5.39 Å². The Bertz CT molecular complexity index is 886. The fraction of sp³-hybridized carbons (Fsp3) is 0.167. The first kappa shape index (κ1) is 16.8. The second-order valence-electron chi connectivity index (χ2n) is 5.15. The molecule has 0 saturated heterocycles. The molecule has 0 bridgehead atoms. The van der Waals surface area contributed by atoms with E-state index in [9.17, 15) is 4.79 Å². The predicted octanol–water partition coefficient (Wildman–Crippen LogP) is 5.24. The highest BCUT2D eigenvalue weighted by molar-refractivity contribution is 6.35. The van der Waals surface area contributed by atoms with Crippen LogP contribution in [0.4, 0.5) is 0 Å². The Hall–Kier alpha value is -2.01. The van der Waals surface area contributed by atoms with Gasteiger partial charge >= 0.3 is 5.97 Å². The smallest absolute Gasteiger partial charge is 0.374 e. The van der Waals surface area contributed by atoms with E-state index in [1.807, 2.05) is 18.2 Å². The lowest BCUT2D eigenvalue weighted by molar-refractivity contribution is 0.0433. The maximum Gasteiger partial charge on any atom is 0.374 e. The normalized spacial score (nSPS) is 11.0. The summed E-state index contributed by atoms with van der Waals surface area (Å²) >= 11 is 11.9. The van der Waals surface area contributed by atoms with E-state index in [2.05, 4.69) is 0 Å². The van der Waals surface area contributed by atoms with Gasteiger partial charge in [-0.15, -0.1) is 0 Å². The molecule has 0 fully saturated rings. The van der Waals surface area contributed by atoms with Gasteiger partial charge < -0.3 is 13.9 Å². The van der Waals surface area contributed by atoms with Crippen LogP contribution in [0.3, 0.4) is 0 Å². The number of carbonyl (C=O) groups excluding carboxylic acids is 1. The van der Waals surface area contributed by atoms with Gasteiger partial charge in [0.05, 0.1) is 6.61 Å². The van der Waals surface area contributed by atoms with Gasteiger partial charge in [-0.2, -0.15) is 0 Å². The Morgan fingerprint density at radius 1 is 1.12 bits per heavy atom. The zero-order valence-electron chi connectivity index (χ0n) is 12.8. The molecule has 0 aliphatic heterocycles. The number of hydrogen-bond acceptors (Lipinski definition) is 4. The largest absolute Gasteiger partial charge is 0.455 e. The van der Waals surface area contributed by atoms with Crippen LogP contribution in [-0.2, 0) is 22.7 Å². The van der Waals surface area contributed by atoms with Gasteiger partial charge in [0.1, 0.15) is 12.2 Å². The van der Waals surface area contributed by atoms with E-state index in [1.54, 1.807) is 31.4 Å². The summed E-state index contributed by atoms with van der Waals surface area (Å²) in [6.07, 6.45) is 0. The fourth-order valence-corrected chi connectivity index (χ4v) is 2.86. The van der Waals surface area contributed by atoms with Crippen LogP contribution in [0.25, 0.3) is 11.0 Å². The highest BCUT2D eigenvalue weighted by Crippen LogP contribution is 2.28. The van der Waals surface area contributed by atoms with Gasteiger partial charge in [0, 0.05) is 33.7 Å². The lowest BCUT2D eigenvalue weighted by atomic mass is 10.1. The van der Waals surface area contributed by atoms with Gasteiger partial charge in [0.2, 0.25) is 5.76 Å². The molecule has 1 heterocycles. The van der Waals surface area contributed by atoms with Crippen LogP contribution in [0.15, 0.2) is 46.9 Å². The predicted molar refractivity (Wildman–Crippen MR) is 92.5 cm³/mol. The molecule has 0 saturated carbocycles. The van der Waals surface area contributed by atoms with Gasteiger partial charge in [0.25, 0.3) is 0 Å². The second-order valence-corrected chi connectivity index (χ2v) is 5.99. The molecule has 3 aromatic rings. The summed E-state index contributed by atoms with van der Waals surface area (Å²) in [6.45, 7) is 0.279. The Kier molecular flexibility index (Phi) is 5.09. The number of rotatable bonds is 5. The number of benzene rings is 2. The number of para-hydroxylation sites is 1. The molecule has 0 aliphatic carbocycles. The van der Waals surface area contributed by atoms with Crippen molar-refractivity contribution in [3.63, 3.8) is 0 Å². The summed E-state index contributed by atoms with van der Waals surface area (Å²) in [4.78, 5) is 12.4. The summed E-state index contributed by atoms with van der Waals surface area (Å²) < 4.78 is 16.2. The van der Waals surface area contributed by atoms with E-state index < -0.39 is 5.97 Å². The molecule has 0 aliphatic rings. The van der Waals surface area contributed by atoms with Crippen molar-refractivity contribution in [1.82, 2.24) is 0 Å². The highest BCUT2D eigenvalue weighted by Gasteiger charge is 2.22. The number of halogens is 2. The number of furan rings is 1. The van der Waals surface area contributed by atoms with E-state index in [-0.39, 0.29) is 19.0 Å². The minimum atomic E-state index is -0.565. The SMILES string of the molecule is COCc1c(C(=O)OCc2ccc(Cl)cc2Cl)oc2ccccc12. The average Bonchev–Trinajstić information content (AvgIpc) is 2.93. The third-order valence-electron chi connectivity index (χ3n) is 3.55. The maximum absolute atomic E-state index is 12.4. The van der Waals surface area contributed by atoms with Crippen molar-refractivity contribution in [3.05, 3.63) is 69.4 Å². The monoisotopic (exact) mass is 364 g/mol. The summed E-state index contributed by atoms with van der Waals surface area (Å²) in [7, 11) is 1.56. The lowest BCUT2D eigenvalue weighted by Crippen LogP contribution is -2.07. The molecule has 24 heavy (non-hydrogen) atoms. The van der Waals surface area contributed by atoms with E-state index in [0.29, 0.717) is 26.8 Å². The fourth-order valence-electron chi connectivity index (χ4n) is 2.40. The van der Waals surface area contributed by atoms with Crippen molar-refractivity contribution < 1.29 is 18.7 Å². The van der Waals surface area contributed by atoms with Crippen LogP contribution in [-0.4, -0.2) is 13.1 Å². The molecule has 0 amide bonds. The van der Waals surface area contributed by atoms with Gasteiger partial charge in [-0.05, 0) is 18.2 Å². The summed E-state index contributed by atoms with van der Waals surface area (Å²) in [5, 5.41) is 1.79. The molecule has 0 N–H and O–H groups in total. The van der Waals surface area contributed by atoms with Crippen molar-refractivity contribution in [2.75, 3.05) is 7.11 Å². The molecule has 6 heteroatoms. The molecule has 0 radical (unpaired) electrons. The first-order valence-corrected chi connectivity index (χ1v) is 7.96. The second kappa shape index (κ2) is 7.26. The Balaban J connectivity index is 1.84. The van der Waals surface area contributed by atoms with E-state index in [1.165, 1.54) is 0 Å². The van der Waals surface area contributed by atoms with Gasteiger partial charge in [-0.1, -0.05) is 47.5 Å². The highest BCUT2D eigenvalue weighted by atomic mass is 35.5. The molecular weight excluding hydrogens is 351 g/mol. The van der Waals surface area contributed by atoms with Crippen LogP contribution in [0.2, 0.25) is 10.0 Å². The average molecular weight is 365 g/mol. The van der Waals surface area contributed by atoms with Crippen LogP contribution in [0, 0.1) is 0 Å². The number of hydrogen-bond donors (Lipinski definition) is 0. The third kappa shape index (κ3) is 3.41. The number of fused-ring (bicyclic) bond motifs is 1. The summed E-state index contributed by atoms with van der Waals surface area (Å²) in [6, 6.07) is 12.4. The Labute approximate surface area is 148 Å². The van der Waals surface area contributed by atoms with Gasteiger partial charge in [-0.25, -0.2) is 4.79 Å². The Morgan fingerprint density at radius 2 is 1.92 bits per heavy atom. The van der Waals surface area contributed by atoms with Crippen molar-refractivity contribution in [2.45, 2.75) is 13.2 Å². The number of ether oxygens (including phenoxy) is 2. The number of carbonyl (C=O) groups is 1. The number of methoxy groups -OCH3 is 1. The first-order chi connectivity index (χ1) is 11.6. The number of esters is 1. The van der Waals surface area contributed by atoms with Crippen LogP contribution in [0.5, 0.6) is 0 Å². The molecule has 0 unspecified atom stereocenters. The molecule has 2 aromatic carbocycles. The lowest BCUT2D eigenvalue weighted by Gasteiger charge is -2.07. The summed E-state index contributed by atoms with van der Waals surface area (Å²) in [5.41, 5.74) is 1.94. The molecule has 3 rings (SSSR count). The Morgan fingerprint density at radius 3 is 2.67 bits per heavy atom. The van der Waals surface area contributed by atoms with Gasteiger partial charge in [-0.3, -0.25) is 0 Å². The topological polar surface area (TPSA) is 48.7 Å². The van der Waals surface area contributed by atoms with Crippen molar-refractivity contribution in [3.8, 4) is 0 Å². The van der Waals surface area contributed by atoms with E-state index >= 15 is 0 Å². The zero-order chi connectivity index (χ0) is 17.1. The first-order valence-electron chi connectivity index (χ1n) is 7.20. The molecular formula is C18H14Cl2O4. The van der Waals surface area contributed by atoms with Crippen molar-refractivity contribution >= 4 is 40.1 Å². The quantitative estimate of drug-likeness (QED) is 0.580. The van der Waals surface area contributed by atoms with Crippen molar-refractivity contribution in [2.24, 2.45) is 0 Å². The van der Waals surface area contributed by atoms with Crippen LogP contribution in [0.1, 0.15) is 21.7 Å². The van der Waals surface area contributed by atoms with Gasteiger partial charge in [0.15, 0.2) is 0 Å². The standard InChI is InChI=1S/C18H14Cl2O4/c1-22-10-14-13-4-2-3-5-16(13)24-17(14)18(21)23-9-11-6-7-12(19)8-15(11)20/h2-8H,9-10H2,1H3. The molecule has 124 valence electrons. The molecule has 0 spiro atoms. The minimum Gasteiger partial charge on any atom is -0.455 e. The van der Waals surface area contributed by atoms with Crippen LogP contribution >= 0.6 is 23.2 Å². The van der Waals surface area contributed by atoms with E-state index in [4.69, 9.17) is 37.1 Å². The third-order valence-corrected chi connectivity index (χ3v) is 4.13. The molecule has 0 atom stereocenters. The molecule has 4 nitrogen and oxygen atoms in total. The zero-order valence-corrected chi connectivity index (χ0v) is 14.4. The molecule has 1 aromatic heterocycles. The van der Waals surface area contributed by atoms with Crippen LogP contribution < -0.4 is 0 Å².